The van der Waals surface area contributed by atoms with Crippen LogP contribution in [0.5, 0.6) is 0 Å². The van der Waals surface area contributed by atoms with Gasteiger partial charge in [0.05, 0.1) is 18.2 Å². The zero-order chi connectivity index (χ0) is 18.5. The number of Topliss-reactive ketones (excluding diaryl/α,β-unsaturated/α-hetero) is 1. The monoisotopic (exact) mass is 354 g/mol. The number of fused-ring (bicyclic) bond motifs is 4. The maximum Gasteiger partial charge on any atom is 0.313 e. The number of ketones is 1. The van der Waals surface area contributed by atoms with E-state index in [1.54, 1.807) is 0 Å². The Morgan fingerprint density at radius 1 is 1.38 bits per heavy atom. The summed E-state index contributed by atoms with van der Waals surface area (Å²) in [6, 6.07) is 7.97. The first-order chi connectivity index (χ1) is 12.5. The largest absolute Gasteiger partial charge is 0.469 e. The number of aromatic nitrogens is 1. The molecule has 1 aromatic carbocycles. The van der Waals surface area contributed by atoms with Gasteiger partial charge in [-0.25, -0.2) is 0 Å². The number of nitrogens with one attached hydrogen (secondary N) is 1. The van der Waals surface area contributed by atoms with E-state index in [4.69, 9.17) is 4.74 Å². The molecular weight excluding hydrogens is 328 g/mol. The summed E-state index contributed by atoms with van der Waals surface area (Å²) in [7, 11) is 3.53. The van der Waals surface area contributed by atoms with Crippen LogP contribution < -0.4 is 0 Å². The van der Waals surface area contributed by atoms with E-state index in [0.29, 0.717) is 31.0 Å². The van der Waals surface area contributed by atoms with E-state index in [9.17, 15) is 9.59 Å². The smallest absolute Gasteiger partial charge is 0.313 e. The molecule has 4 rings (SSSR count). The molecule has 1 saturated heterocycles. The van der Waals surface area contributed by atoms with Crippen LogP contribution in [0, 0.1) is 17.3 Å². The third-order valence-electron chi connectivity index (χ3n) is 6.48. The average molecular weight is 354 g/mol. The van der Waals surface area contributed by atoms with Gasteiger partial charge in [0.1, 0.15) is 0 Å². The van der Waals surface area contributed by atoms with Crippen LogP contribution in [0.15, 0.2) is 24.3 Å². The highest BCUT2D eigenvalue weighted by atomic mass is 16.5. The molecule has 5 nitrogen and oxygen atoms in total. The summed E-state index contributed by atoms with van der Waals surface area (Å²) in [4.78, 5) is 31.8. The first kappa shape index (κ1) is 17.3. The number of hydrogen-bond acceptors (Lipinski definition) is 4. The molecule has 2 aromatic rings. The Morgan fingerprint density at radius 2 is 2.15 bits per heavy atom. The van der Waals surface area contributed by atoms with Gasteiger partial charge in [0.15, 0.2) is 5.78 Å². The van der Waals surface area contributed by atoms with Crippen LogP contribution >= 0.6 is 0 Å². The van der Waals surface area contributed by atoms with Crippen molar-refractivity contribution in [3.8, 4) is 0 Å². The van der Waals surface area contributed by atoms with Crippen molar-refractivity contribution in [3.63, 3.8) is 0 Å². The lowest BCUT2D eigenvalue weighted by Crippen LogP contribution is -2.57. The van der Waals surface area contributed by atoms with Gasteiger partial charge in [-0.2, -0.15) is 0 Å². The maximum absolute atomic E-state index is 13.1. The fourth-order valence-electron chi connectivity index (χ4n) is 5.34. The van der Waals surface area contributed by atoms with Crippen LogP contribution in [-0.2, 0) is 16.0 Å². The fraction of sp³-hybridized carbons (Fsp3) is 0.524. The van der Waals surface area contributed by atoms with Crippen molar-refractivity contribution in [3.05, 3.63) is 35.5 Å². The van der Waals surface area contributed by atoms with Crippen molar-refractivity contribution in [2.24, 2.45) is 17.3 Å². The molecule has 1 aliphatic heterocycles. The molecule has 0 saturated carbocycles. The standard InChI is InChI=1S/C21H26N2O3/c1-4-13-11-23(2)12-21(20(25)26-3)10-15-14-7-5-6-8-17(14)22-19(15)18(24)9-16(13)21/h5-8,13,16,22H,4,9-12H2,1-3H3/t13-,16-,21-/m0/s1. The van der Waals surface area contributed by atoms with Crippen molar-refractivity contribution < 1.29 is 14.3 Å². The van der Waals surface area contributed by atoms with E-state index >= 15 is 0 Å². The number of piperidine rings is 1. The average Bonchev–Trinajstić information content (AvgIpc) is 2.95. The van der Waals surface area contributed by atoms with Gasteiger partial charge in [-0.15, -0.1) is 0 Å². The van der Waals surface area contributed by atoms with Gasteiger partial charge < -0.3 is 14.6 Å². The van der Waals surface area contributed by atoms with Crippen molar-refractivity contribution in [2.75, 3.05) is 27.2 Å². The summed E-state index contributed by atoms with van der Waals surface area (Å²) < 4.78 is 5.30. The predicted molar refractivity (Wildman–Crippen MR) is 100 cm³/mol. The van der Waals surface area contributed by atoms with E-state index in [1.807, 2.05) is 24.3 Å². The van der Waals surface area contributed by atoms with Crippen LogP contribution in [0.2, 0.25) is 0 Å². The molecule has 0 radical (unpaired) electrons. The number of hydrogen-bond donors (Lipinski definition) is 1. The van der Waals surface area contributed by atoms with E-state index in [0.717, 1.165) is 29.4 Å². The van der Waals surface area contributed by atoms with E-state index in [1.165, 1.54) is 7.11 Å². The van der Waals surface area contributed by atoms with Crippen LogP contribution in [0.3, 0.4) is 0 Å². The maximum atomic E-state index is 13.1. The number of likely N-dealkylation sites (tertiary alicyclic amines) is 1. The lowest BCUT2D eigenvalue weighted by Gasteiger charge is -2.48. The molecule has 0 unspecified atom stereocenters. The molecule has 1 aliphatic carbocycles. The second kappa shape index (κ2) is 6.23. The number of carbonyl (C=O) groups is 2. The van der Waals surface area contributed by atoms with Crippen LogP contribution in [-0.4, -0.2) is 48.9 Å². The van der Waals surface area contributed by atoms with Gasteiger partial charge in [-0.05, 0) is 36.9 Å². The number of nitrogens with zero attached hydrogens (tertiary/aromatic N) is 1. The minimum absolute atomic E-state index is 0.0169. The van der Waals surface area contributed by atoms with E-state index in [2.05, 4.69) is 23.9 Å². The molecule has 2 heterocycles. The first-order valence-electron chi connectivity index (χ1n) is 9.40. The van der Waals surface area contributed by atoms with Crippen molar-refractivity contribution >= 4 is 22.7 Å². The minimum Gasteiger partial charge on any atom is -0.469 e. The van der Waals surface area contributed by atoms with E-state index in [-0.39, 0.29) is 17.7 Å². The molecule has 0 amide bonds. The molecule has 5 heteroatoms. The lowest BCUT2D eigenvalue weighted by molar-refractivity contribution is -0.163. The number of methoxy groups -OCH3 is 1. The van der Waals surface area contributed by atoms with E-state index < -0.39 is 5.41 Å². The number of para-hydroxylation sites is 1. The Labute approximate surface area is 153 Å². The number of rotatable bonds is 2. The third kappa shape index (κ3) is 2.41. The molecule has 138 valence electrons. The van der Waals surface area contributed by atoms with Crippen LogP contribution in [0.25, 0.3) is 10.9 Å². The number of esters is 1. The number of aromatic amines is 1. The summed E-state index contributed by atoms with van der Waals surface area (Å²) in [6.45, 7) is 3.70. The second-order valence-corrected chi connectivity index (χ2v) is 7.95. The van der Waals surface area contributed by atoms with Gasteiger partial charge in [0.25, 0.3) is 0 Å². The highest BCUT2D eigenvalue weighted by Gasteiger charge is 2.55. The molecule has 1 fully saturated rings. The summed E-state index contributed by atoms with van der Waals surface area (Å²) in [6.07, 6.45) is 1.91. The predicted octanol–water partition coefficient (Wildman–Crippen LogP) is 3.04. The Bertz CT molecular complexity index is 871. The number of H-pyrrole nitrogens is 1. The molecular formula is C21H26N2O3. The molecule has 1 N–H and O–H groups in total. The molecule has 0 bridgehead atoms. The lowest BCUT2D eigenvalue weighted by atomic mass is 9.62. The molecule has 26 heavy (non-hydrogen) atoms. The minimum atomic E-state index is -0.672. The van der Waals surface area contributed by atoms with Crippen molar-refractivity contribution in [1.29, 1.82) is 0 Å². The van der Waals surface area contributed by atoms with Crippen molar-refractivity contribution in [1.82, 2.24) is 9.88 Å². The second-order valence-electron chi connectivity index (χ2n) is 7.95. The summed E-state index contributed by atoms with van der Waals surface area (Å²) in [5.74, 6) is 0.267. The Balaban J connectivity index is 1.93. The zero-order valence-corrected chi connectivity index (χ0v) is 15.7. The van der Waals surface area contributed by atoms with Crippen molar-refractivity contribution in [2.45, 2.75) is 26.2 Å². The van der Waals surface area contributed by atoms with Gasteiger partial charge in [-0.3, -0.25) is 9.59 Å². The Morgan fingerprint density at radius 3 is 2.88 bits per heavy atom. The normalized spacial score (nSPS) is 29.1. The number of carbonyl (C=O) groups excluding carboxylic acids is 2. The van der Waals surface area contributed by atoms with Crippen LogP contribution in [0.1, 0.15) is 35.8 Å². The Hall–Kier alpha value is -2.14. The van der Waals surface area contributed by atoms with Gasteiger partial charge in [0.2, 0.25) is 0 Å². The summed E-state index contributed by atoms with van der Waals surface area (Å²) in [5.41, 5.74) is 1.94. The molecule has 0 spiro atoms. The van der Waals surface area contributed by atoms with Gasteiger partial charge >= 0.3 is 5.97 Å². The zero-order valence-electron chi connectivity index (χ0n) is 15.7. The molecule has 2 aliphatic rings. The molecule has 3 atom stereocenters. The number of ether oxygens (including phenoxy) is 1. The highest BCUT2D eigenvalue weighted by Crippen LogP contribution is 2.49. The first-order valence-corrected chi connectivity index (χ1v) is 9.40. The third-order valence-corrected chi connectivity index (χ3v) is 6.48. The highest BCUT2D eigenvalue weighted by molar-refractivity contribution is 6.03. The SMILES string of the molecule is CC[C@H]1CN(C)C[C@@]2(C(=O)OC)Cc3c([nH]c4ccccc34)C(=O)C[C@@H]12. The summed E-state index contributed by atoms with van der Waals surface area (Å²) in [5, 5.41) is 1.04. The summed E-state index contributed by atoms with van der Waals surface area (Å²) >= 11 is 0. The van der Waals surface area contributed by atoms with Crippen LogP contribution in [0.4, 0.5) is 0 Å². The number of benzene rings is 1. The quantitative estimate of drug-likeness (QED) is 0.842. The van der Waals surface area contributed by atoms with Gasteiger partial charge in [0, 0.05) is 30.4 Å². The topological polar surface area (TPSA) is 62.4 Å². The fourth-order valence-corrected chi connectivity index (χ4v) is 5.34. The molecule has 1 aromatic heterocycles. The Kier molecular flexibility index (Phi) is 4.14. The van der Waals surface area contributed by atoms with Gasteiger partial charge in [-0.1, -0.05) is 31.5 Å².